The van der Waals surface area contributed by atoms with Gasteiger partial charge in [-0.2, -0.15) is 0 Å². The Bertz CT molecular complexity index is 853. The molecule has 2 saturated carbocycles. The Labute approximate surface area is 143 Å². The molecule has 3 atom stereocenters. The molecule has 1 N–H and O–H groups in total. The molecule has 7 heteroatoms. The zero-order valence-electron chi connectivity index (χ0n) is 13.4. The standard InChI is InChI=1S/C18H17FN2O4/c19-14-4-12-16(5-15(14)20-6-9-3-10(9)7-20)21(25,11-1-2-11)8-13(17(12)22)18(23)24/h4-5,8-11H,1-3,6-7H2,(H,23,24). The zero-order valence-corrected chi connectivity index (χ0v) is 13.4. The molecule has 2 aliphatic heterocycles. The van der Waals surface area contributed by atoms with Crippen LogP contribution in [0, 0.1) is 22.9 Å². The van der Waals surface area contributed by atoms with Crippen molar-refractivity contribution in [3.05, 3.63) is 40.5 Å². The number of nitrogens with zero attached hydrogens (tertiary/aromatic N) is 2. The largest absolute Gasteiger partial charge is 0.622 e. The number of anilines is 1. The maximum absolute atomic E-state index is 14.7. The van der Waals surface area contributed by atoms with E-state index in [-0.39, 0.29) is 17.3 Å². The number of carboxylic acid groups (broad SMARTS) is 1. The van der Waals surface area contributed by atoms with Crippen LogP contribution in [0.2, 0.25) is 0 Å². The van der Waals surface area contributed by atoms with Crippen LogP contribution in [-0.2, 0) is 4.79 Å². The summed E-state index contributed by atoms with van der Waals surface area (Å²) in [5.74, 6) is -1.60. The van der Waals surface area contributed by atoms with E-state index in [1.165, 1.54) is 12.5 Å². The summed E-state index contributed by atoms with van der Waals surface area (Å²) in [6, 6.07) is 2.24. The molecule has 5 rings (SSSR count). The Morgan fingerprint density at radius 1 is 1.28 bits per heavy atom. The van der Waals surface area contributed by atoms with E-state index in [2.05, 4.69) is 0 Å². The molecule has 0 bridgehead atoms. The lowest BCUT2D eigenvalue weighted by Crippen LogP contribution is -2.45. The fourth-order valence-electron chi connectivity index (χ4n) is 4.24. The molecule has 0 aromatic heterocycles. The fraction of sp³-hybridized carbons (Fsp3) is 0.444. The minimum absolute atomic E-state index is 0.118. The van der Waals surface area contributed by atoms with Crippen molar-refractivity contribution in [1.82, 2.24) is 4.65 Å². The Morgan fingerprint density at radius 2 is 1.96 bits per heavy atom. The number of carbonyl (C=O) groups is 2. The number of hydrogen-bond acceptors (Lipinski definition) is 4. The molecular weight excluding hydrogens is 327 g/mol. The molecule has 3 unspecified atom stereocenters. The van der Waals surface area contributed by atoms with Crippen molar-refractivity contribution in [1.29, 1.82) is 0 Å². The summed E-state index contributed by atoms with van der Waals surface area (Å²) < 4.78 is 13.7. The van der Waals surface area contributed by atoms with Gasteiger partial charge in [-0.25, -0.2) is 9.18 Å². The molecule has 2 heterocycles. The summed E-state index contributed by atoms with van der Waals surface area (Å²) in [6.45, 7) is 1.54. The lowest BCUT2D eigenvalue weighted by molar-refractivity contribution is -0.132. The predicted octanol–water partition coefficient (Wildman–Crippen LogP) is 2.41. The number of Topliss-reactive ketones (excluding diaryl/α,β-unsaturated/α-hetero) is 1. The molecule has 25 heavy (non-hydrogen) atoms. The van der Waals surface area contributed by atoms with Gasteiger partial charge in [0.15, 0.2) is 11.3 Å². The van der Waals surface area contributed by atoms with Gasteiger partial charge in [0.05, 0.1) is 17.3 Å². The molecular formula is C18H17FN2O4. The maximum Gasteiger partial charge on any atom is 0.345 e. The summed E-state index contributed by atoms with van der Waals surface area (Å²) in [7, 11) is 0. The first-order valence-electron chi connectivity index (χ1n) is 8.58. The highest BCUT2D eigenvalue weighted by Crippen LogP contribution is 2.49. The predicted molar refractivity (Wildman–Crippen MR) is 88.4 cm³/mol. The van der Waals surface area contributed by atoms with Crippen LogP contribution in [0.1, 0.15) is 29.6 Å². The van der Waals surface area contributed by atoms with Gasteiger partial charge in [0.25, 0.3) is 0 Å². The van der Waals surface area contributed by atoms with Crippen LogP contribution in [0.25, 0.3) is 0 Å². The van der Waals surface area contributed by atoms with Crippen molar-refractivity contribution in [2.75, 3.05) is 18.0 Å². The topological polar surface area (TPSA) is 80.7 Å². The molecule has 0 radical (unpaired) electrons. The normalized spacial score (nSPS) is 33.0. The Kier molecular flexibility index (Phi) is 2.81. The molecule has 2 aliphatic carbocycles. The van der Waals surface area contributed by atoms with E-state index >= 15 is 0 Å². The number of benzene rings is 1. The van der Waals surface area contributed by atoms with E-state index < -0.39 is 27.8 Å². The number of rotatable bonds is 3. The number of ketones is 1. The highest BCUT2D eigenvalue weighted by molar-refractivity contribution is 6.26. The van der Waals surface area contributed by atoms with Gasteiger partial charge in [-0.1, -0.05) is 0 Å². The van der Waals surface area contributed by atoms with Gasteiger partial charge >= 0.3 is 5.97 Å². The Hall–Kier alpha value is -2.25. The van der Waals surface area contributed by atoms with Crippen LogP contribution in [0.5, 0.6) is 0 Å². The third-order valence-corrected chi connectivity index (χ3v) is 5.89. The molecule has 0 spiro atoms. The number of hydroxylamine groups is 2. The number of carbonyl (C=O) groups excluding carboxylic acids is 1. The SMILES string of the molecule is O=C(O)C1=C[N+]([O-])(C2CC2)c2cc(N3CC4CC4C3)c(F)cc2C1=O. The second-order valence-electron chi connectivity index (χ2n) is 7.60. The molecule has 1 aromatic carbocycles. The first kappa shape index (κ1) is 15.0. The van der Waals surface area contributed by atoms with Gasteiger partial charge in [-0.05, 0) is 24.3 Å². The van der Waals surface area contributed by atoms with Crippen molar-refractivity contribution in [2.24, 2.45) is 11.8 Å². The van der Waals surface area contributed by atoms with Crippen LogP contribution < -0.4 is 9.55 Å². The van der Waals surface area contributed by atoms with E-state index in [1.807, 2.05) is 4.90 Å². The Morgan fingerprint density at radius 3 is 2.56 bits per heavy atom. The summed E-state index contributed by atoms with van der Waals surface area (Å²) in [5, 5.41) is 22.7. The number of aliphatic carboxylic acids is 1. The maximum atomic E-state index is 14.7. The average molecular weight is 344 g/mol. The van der Waals surface area contributed by atoms with Crippen LogP contribution >= 0.6 is 0 Å². The highest BCUT2D eigenvalue weighted by Gasteiger charge is 2.49. The van der Waals surface area contributed by atoms with Gasteiger partial charge in [-0.3, -0.25) is 9.44 Å². The van der Waals surface area contributed by atoms with Gasteiger partial charge in [-0.15, -0.1) is 0 Å². The van der Waals surface area contributed by atoms with Gasteiger partial charge < -0.3 is 15.2 Å². The van der Waals surface area contributed by atoms with Crippen molar-refractivity contribution in [2.45, 2.75) is 25.3 Å². The van der Waals surface area contributed by atoms with Crippen molar-refractivity contribution >= 4 is 23.1 Å². The van der Waals surface area contributed by atoms with E-state index in [1.54, 1.807) is 0 Å². The van der Waals surface area contributed by atoms with E-state index in [9.17, 15) is 24.3 Å². The van der Waals surface area contributed by atoms with E-state index in [4.69, 9.17) is 0 Å². The van der Waals surface area contributed by atoms with Crippen LogP contribution in [0.3, 0.4) is 0 Å². The second-order valence-corrected chi connectivity index (χ2v) is 7.60. The van der Waals surface area contributed by atoms with Crippen LogP contribution in [0.4, 0.5) is 15.8 Å². The molecule has 1 saturated heterocycles. The smallest absolute Gasteiger partial charge is 0.345 e. The number of piperidine rings is 1. The molecule has 1 aromatic rings. The molecule has 6 nitrogen and oxygen atoms in total. The first-order valence-corrected chi connectivity index (χ1v) is 8.58. The van der Waals surface area contributed by atoms with Gasteiger partial charge in [0, 0.05) is 32.0 Å². The van der Waals surface area contributed by atoms with Crippen molar-refractivity contribution < 1.29 is 19.1 Å². The summed E-state index contributed by atoms with van der Waals surface area (Å²) in [5.41, 5.74) is -0.157. The average Bonchev–Trinajstić information content (AvgIpc) is 3.49. The second kappa shape index (κ2) is 4.68. The number of hydrogen-bond donors (Lipinski definition) is 1. The van der Waals surface area contributed by atoms with E-state index in [0.29, 0.717) is 30.4 Å². The molecule has 4 aliphatic rings. The van der Waals surface area contributed by atoms with Crippen LogP contribution in [-0.4, -0.2) is 36.0 Å². The van der Waals surface area contributed by atoms with Crippen molar-refractivity contribution in [3.8, 4) is 0 Å². The number of halogens is 1. The van der Waals surface area contributed by atoms with Crippen molar-refractivity contribution in [3.63, 3.8) is 0 Å². The fourth-order valence-corrected chi connectivity index (χ4v) is 4.24. The lowest BCUT2D eigenvalue weighted by Gasteiger charge is -2.42. The third kappa shape index (κ3) is 2.09. The van der Waals surface area contributed by atoms with Gasteiger partial charge in [0.1, 0.15) is 12.0 Å². The lowest BCUT2D eigenvalue weighted by atomic mass is 9.96. The minimum Gasteiger partial charge on any atom is -0.622 e. The number of quaternary nitrogens is 1. The zero-order chi connectivity index (χ0) is 17.5. The van der Waals surface area contributed by atoms with Gasteiger partial charge in [0.2, 0.25) is 5.78 Å². The Balaban J connectivity index is 1.65. The minimum atomic E-state index is -1.45. The molecule has 3 fully saturated rings. The summed E-state index contributed by atoms with van der Waals surface area (Å²) >= 11 is 0. The monoisotopic (exact) mass is 344 g/mol. The molecule has 130 valence electrons. The first-order chi connectivity index (χ1) is 11.9. The summed E-state index contributed by atoms with van der Waals surface area (Å²) in [4.78, 5) is 25.8. The quantitative estimate of drug-likeness (QED) is 0.517. The molecule has 0 amide bonds. The third-order valence-electron chi connectivity index (χ3n) is 5.89. The van der Waals surface area contributed by atoms with Crippen LogP contribution in [0.15, 0.2) is 23.9 Å². The van der Waals surface area contributed by atoms with E-state index in [0.717, 1.165) is 25.4 Å². The highest BCUT2D eigenvalue weighted by atomic mass is 19.1. The summed E-state index contributed by atoms with van der Waals surface area (Å²) in [6.07, 6.45) is 3.51. The number of carboxylic acids is 1. The number of fused-ring (bicyclic) bond motifs is 2.